The van der Waals surface area contributed by atoms with Gasteiger partial charge in [-0.2, -0.15) is 0 Å². The Morgan fingerprint density at radius 1 is 1.15 bits per heavy atom. The first kappa shape index (κ1) is 17.3. The summed E-state index contributed by atoms with van der Waals surface area (Å²) >= 11 is 0. The topological polar surface area (TPSA) is 75.7 Å². The molecule has 4 rings (SSSR count). The van der Waals surface area contributed by atoms with Gasteiger partial charge in [0.15, 0.2) is 0 Å². The molecule has 2 aliphatic heterocycles. The van der Waals surface area contributed by atoms with Gasteiger partial charge in [0.25, 0.3) is 0 Å². The molecular formula is C21H20N2O4. The molecule has 1 saturated heterocycles. The molecule has 0 radical (unpaired) electrons. The predicted molar refractivity (Wildman–Crippen MR) is 97.5 cm³/mol. The van der Waals surface area contributed by atoms with Crippen molar-refractivity contribution in [2.24, 2.45) is 0 Å². The zero-order valence-corrected chi connectivity index (χ0v) is 15.0. The van der Waals surface area contributed by atoms with Gasteiger partial charge in [-0.25, -0.2) is 4.79 Å². The minimum Gasteiger partial charge on any atom is -0.433 e. The van der Waals surface area contributed by atoms with Crippen LogP contribution in [0.15, 0.2) is 48.5 Å². The van der Waals surface area contributed by atoms with Crippen LogP contribution < -0.4 is 5.32 Å². The van der Waals surface area contributed by atoms with E-state index in [0.29, 0.717) is 24.1 Å². The first-order valence-corrected chi connectivity index (χ1v) is 8.99. The van der Waals surface area contributed by atoms with Crippen LogP contribution in [0.25, 0.3) is 0 Å². The van der Waals surface area contributed by atoms with Gasteiger partial charge in [0.1, 0.15) is 6.04 Å². The van der Waals surface area contributed by atoms with Crippen LogP contribution in [0.1, 0.15) is 46.1 Å². The number of amides is 2. The molecule has 27 heavy (non-hydrogen) atoms. The van der Waals surface area contributed by atoms with Crippen LogP contribution >= 0.6 is 0 Å². The molecule has 0 aromatic heterocycles. The number of cyclic esters (lactones) is 1. The first-order valence-electron chi connectivity index (χ1n) is 8.99. The third-order valence-electron chi connectivity index (χ3n) is 5.06. The molecular weight excluding hydrogens is 344 g/mol. The van der Waals surface area contributed by atoms with Crippen molar-refractivity contribution in [1.29, 1.82) is 0 Å². The molecule has 2 aromatic carbocycles. The van der Waals surface area contributed by atoms with Crippen LogP contribution in [0.5, 0.6) is 0 Å². The average molecular weight is 364 g/mol. The Hall–Kier alpha value is -3.15. The fraction of sp³-hybridized carbons (Fsp3) is 0.286. The number of nitrogens with zero attached hydrogens (tertiary/aromatic N) is 1. The summed E-state index contributed by atoms with van der Waals surface area (Å²) in [5.41, 5.74) is 3.22. The van der Waals surface area contributed by atoms with Gasteiger partial charge in [-0.3, -0.25) is 14.5 Å². The van der Waals surface area contributed by atoms with Crippen molar-refractivity contribution in [2.45, 2.75) is 38.6 Å². The molecule has 0 saturated carbocycles. The van der Waals surface area contributed by atoms with E-state index < -0.39 is 18.2 Å². The van der Waals surface area contributed by atoms with Crippen molar-refractivity contribution in [1.82, 2.24) is 10.2 Å². The number of rotatable bonds is 4. The fourth-order valence-electron chi connectivity index (χ4n) is 3.60. The number of carbonyl (C=O) groups excluding carboxylic acids is 3. The minimum absolute atomic E-state index is 0.181. The zero-order valence-electron chi connectivity index (χ0n) is 15.0. The lowest BCUT2D eigenvalue weighted by atomic mass is 10.1. The van der Waals surface area contributed by atoms with E-state index in [1.165, 1.54) is 4.90 Å². The van der Waals surface area contributed by atoms with Gasteiger partial charge < -0.3 is 10.1 Å². The Kier molecular flexibility index (Phi) is 4.39. The Labute approximate surface area is 157 Å². The van der Waals surface area contributed by atoms with E-state index in [1.807, 2.05) is 31.2 Å². The molecule has 0 unspecified atom stereocenters. The second-order valence-electron chi connectivity index (χ2n) is 6.90. The molecule has 2 heterocycles. The fourth-order valence-corrected chi connectivity index (χ4v) is 3.60. The van der Waals surface area contributed by atoms with Crippen molar-refractivity contribution in [3.63, 3.8) is 0 Å². The second-order valence-corrected chi connectivity index (χ2v) is 6.90. The molecule has 0 spiro atoms. The van der Waals surface area contributed by atoms with E-state index in [1.54, 1.807) is 24.3 Å². The largest absolute Gasteiger partial charge is 0.433 e. The standard InChI is InChI=1S/C21H20N2O4/c1-13-6-8-14(9-7-13)12-22-19(25)17-10-11-18(24)23(17)20-15-4-2-3-5-16(15)21(26)27-20/h2-9,17,20H,10-12H2,1H3,(H,22,25)/t17-,20-/m0/s1. The minimum atomic E-state index is -0.834. The highest BCUT2D eigenvalue weighted by Gasteiger charge is 2.46. The van der Waals surface area contributed by atoms with Crippen LogP contribution in [-0.4, -0.2) is 28.7 Å². The zero-order chi connectivity index (χ0) is 19.0. The SMILES string of the molecule is Cc1ccc(CNC(=O)[C@@H]2CCC(=O)N2[C@H]2OC(=O)c3ccccc32)cc1. The maximum Gasteiger partial charge on any atom is 0.340 e. The maximum absolute atomic E-state index is 12.7. The number of aryl methyl sites for hydroxylation is 1. The Balaban J connectivity index is 1.51. The summed E-state index contributed by atoms with van der Waals surface area (Å²) in [6.07, 6.45) is -0.160. The number of hydrogen-bond donors (Lipinski definition) is 1. The summed E-state index contributed by atoms with van der Waals surface area (Å²) < 4.78 is 5.43. The van der Waals surface area contributed by atoms with Crippen molar-refractivity contribution >= 4 is 17.8 Å². The maximum atomic E-state index is 12.7. The highest BCUT2D eigenvalue weighted by molar-refractivity contribution is 5.96. The van der Waals surface area contributed by atoms with Crippen LogP contribution in [-0.2, 0) is 20.9 Å². The average Bonchev–Trinajstić information content (AvgIpc) is 3.21. The van der Waals surface area contributed by atoms with E-state index in [0.717, 1.165) is 11.1 Å². The molecule has 0 aliphatic carbocycles. The number of esters is 1. The van der Waals surface area contributed by atoms with Crippen LogP contribution in [0.2, 0.25) is 0 Å². The Bertz CT molecular complexity index is 907. The van der Waals surface area contributed by atoms with Gasteiger partial charge in [0, 0.05) is 18.5 Å². The van der Waals surface area contributed by atoms with Crippen molar-refractivity contribution in [3.8, 4) is 0 Å². The van der Waals surface area contributed by atoms with Gasteiger partial charge in [0.05, 0.1) is 5.56 Å². The predicted octanol–water partition coefficient (Wildman–Crippen LogP) is 2.47. The lowest BCUT2D eigenvalue weighted by molar-refractivity contribution is -0.145. The highest BCUT2D eigenvalue weighted by atomic mass is 16.6. The molecule has 2 aromatic rings. The molecule has 138 valence electrons. The van der Waals surface area contributed by atoms with E-state index in [4.69, 9.17) is 4.74 Å². The molecule has 2 atom stereocenters. The summed E-state index contributed by atoms with van der Waals surface area (Å²) in [5, 5.41) is 2.90. The molecule has 2 amide bonds. The molecule has 1 fully saturated rings. The van der Waals surface area contributed by atoms with E-state index in [2.05, 4.69) is 5.32 Å². The summed E-state index contributed by atoms with van der Waals surface area (Å²) in [6, 6.07) is 14.2. The smallest absolute Gasteiger partial charge is 0.340 e. The first-order chi connectivity index (χ1) is 13.0. The molecule has 2 aliphatic rings. The Morgan fingerprint density at radius 3 is 2.67 bits per heavy atom. The lowest BCUT2D eigenvalue weighted by Gasteiger charge is -2.29. The normalized spacial score (nSPS) is 21.1. The van der Waals surface area contributed by atoms with Crippen LogP contribution in [0.4, 0.5) is 0 Å². The molecule has 1 N–H and O–H groups in total. The van der Waals surface area contributed by atoms with Crippen molar-refractivity contribution in [3.05, 3.63) is 70.8 Å². The summed E-state index contributed by atoms with van der Waals surface area (Å²) in [5.74, 6) is -0.879. The van der Waals surface area contributed by atoms with E-state index >= 15 is 0 Å². The number of ether oxygens (including phenoxy) is 1. The monoisotopic (exact) mass is 364 g/mol. The highest BCUT2D eigenvalue weighted by Crippen LogP contribution is 2.38. The number of nitrogens with one attached hydrogen (secondary N) is 1. The van der Waals surface area contributed by atoms with Crippen molar-refractivity contribution < 1.29 is 19.1 Å². The quantitative estimate of drug-likeness (QED) is 0.846. The lowest BCUT2D eigenvalue weighted by Crippen LogP contribution is -2.46. The number of carbonyl (C=O) groups is 3. The number of hydrogen-bond acceptors (Lipinski definition) is 4. The number of benzene rings is 2. The van der Waals surface area contributed by atoms with Gasteiger partial charge in [0.2, 0.25) is 18.0 Å². The Morgan fingerprint density at radius 2 is 1.89 bits per heavy atom. The molecule has 0 bridgehead atoms. The number of likely N-dealkylation sites (tertiary alicyclic amines) is 1. The summed E-state index contributed by atoms with van der Waals surface area (Å²) in [7, 11) is 0. The molecule has 6 heteroatoms. The van der Waals surface area contributed by atoms with Crippen LogP contribution in [0, 0.1) is 6.92 Å². The van der Waals surface area contributed by atoms with Crippen LogP contribution in [0.3, 0.4) is 0 Å². The number of fused-ring (bicyclic) bond motifs is 1. The van der Waals surface area contributed by atoms with Gasteiger partial charge in [-0.05, 0) is 25.0 Å². The third kappa shape index (κ3) is 3.18. The van der Waals surface area contributed by atoms with Gasteiger partial charge >= 0.3 is 5.97 Å². The van der Waals surface area contributed by atoms with E-state index in [9.17, 15) is 14.4 Å². The third-order valence-corrected chi connectivity index (χ3v) is 5.06. The van der Waals surface area contributed by atoms with Gasteiger partial charge in [-0.1, -0.05) is 48.0 Å². The second kappa shape index (κ2) is 6.87. The molecule has 6 nitrogen and oxygen atoms in total. The van der Waals surface area contributed by atoms with E-state index in [-0.39, 0.29) is 18.2 Å². The van der Waals surface area contributed by atoms with Gasteiger partial charge in [-0.15, -0.1) is 0 Å². The summed E-state index contributed by atoms with van der Waals surface area (Å²) in [6.45, 7) is 2.39. The van der Waals surface area contributed by atoms with Crippen molar-refractivity contribution in [2.75, 3.05) is 0 Å². The summed E-state index contributed by atoms with van der Waals surface area (Å²) in [4.78, 5) is 38.7.